The maximum atomic E-state index is 6.20. The van der Waals surface area contributed by atoms with E-state index in [1.54, 1.807) is 7.11 Å². The highest BCUT2D eigenvalue weighted by atomic mass is 16.5. The fourth-order valence-corrected chi connectivity index (χ4v) is 1.61. The van der Waals surface area contributed by atoms with Crippen LogP contribution in [0.15, 0.2) is 18.2 Å². The van der Waals surface area contributed by atoms with E-state index in [4.69, 9.17) is 10.5 Å². The number of rotatable bonds is 3. The summed E-state index contributed by atoms with van der Waals surface area (Å²) >= 11 is 0. The molecule has 1 aromatic carbocycles. The Morgan fingerprint density at radius 2 is 1.94 bits per heavy atom. The average molecular weight is 221 g/mol. The standard InChI is InChI=1S/C14H23NO/c1-10-6-7-12(16-5)11(8-10)9-13(15)14(2,3)4/h6-8,13H,9,15H2,1-5H3. The lowest BCUT2D eigenvalue weighted by atomic mass is 9.83. The fourth-order valence-electron chi connectivity index (χ4n) is 1.61. The third kappa shape index (κ3) is 3.24. The van der Waals surface area contributed by atoms with Crippen LogP contribution in [-0.4, -0.2) is 13.2 Å². The molecule has 0 saturated heterocycles. The largest absolute Gasteiger partial charge is 0.496 e. The zero-order valence-electron chi connectivity index (χ0n) is 11.0. The van der Waals surface area contributed by atoms with Gasteiger partial charge in [0.05, 0.1) is 7.11 Å². The van der Waals surface area contributed by atoms with Crippen molar-refractivity contribution in [3.8, 4) is 5.75 Å². The second-order valence-corrected chi connectivity index (χ2v) is 5.49. The molecular weight excluding hydrogens is 198 g/mol. The summed E-state index contributed by atoms with van der Waals surface area (Å²) in [7, 11) is 1.71. The maximum Gasteiger partial charge on any atom is 0.122 e. The molecule has 1 rings (SSSR count). The number of hydrogen-bond acceptors (Lipinski definition) is 2. The molecular formula is C14H23NO. The Morgan fingerprint density at radius 1 is 1.31 bits per heavy atom. The summed E-state index contributed by atoms with van der Waals surface area (Å²) in [6, 6.07) is 6.37. The van der Waals surface area contributed by atoms with E-state index in [1.165, 1.54) is 11.1 Å². The van der Waals surface area contributed by atoms with Crippen molar-refractivity contribution in [1.29, 1.82) is 0 Å². The van der Waals surface area contributed by atoms with Gasteiger partial charge >= 0.3 is 0 Å². The molecule has 2 N–H and O–H groups in total. The Hall–Kier alpha value is -1.02. The maximum absolute atomic E-state index is 6.20. The number of hydrogen-bond donors (Lipinski definition) is 1. The molecule has 0 fully saturated rings. The van der Waals surface area contributed by atoms with Gasteiger partial charge in [0.15, 0.2) is 0 Å². The van der Waals surface area contributed by atoms with Crippen LogP contribution in [0.4, 0.5) is 0 Å². The summed E-state index contributed by atoms with van der Waals surface area (Å²) in [4.78, 5) is 0. The fraction of sp³-hybridized carbons (Fsp3) is 0.571. The van der Waals surface area contributed by atoms with E-state index in [1.807, 2.05) is 6.07 Å². The average Bonchev–Trinajstić information content (AvgIpc) is 2.16. The quantitative estimate of drug-likeness (QED) is 0.851. The minimum absolute atomic E-state index is 0.120. The molecule has 1 unspecified atom stereocenters. The molecule has 0 saturated carbocycles. The molecule has 1 aromatic rings. The van der Waals surface area contributed by atoms with Crippen LogP contribution in [0, 0.1) is 12.3 Å². The van der Waals surface area contributed by atoms with E-state index in [0.717, 1.165) is 12.2 Å². The van der Waals surface area contributed by atoms with Crippen LogP contribution in [0.3, 0.4) is 0 Å². The van der Waals surface area contributed by atoms with Crippen molar-refractivity contribution in [1.82, 2.24) is 0 Å². The third-order valence-corrected chi connectivity index (χ3v) is 2.99. The Labute approximate surface area is 98.8 Å². The molecule has 0 amide bonds. The van der Waals surface area contributed by atoms with Gasteiger partial charge < -0.3 is 10.5 Å². The highest BCUT2D eigenvalue weighted by molar-refractivity contribution is 5.37. The van der Waals surface area contributed by atoms with E-state index >= 15 is 0 Å². The first-order chi connectivity index (χ1) is 7.34. The van der Waals surface area contributed by atoms with E-state index in [0.29, 0.717) is 0 Å². The first-order valence-corrected chi connectivity index (χ1v) is 5.73. The van der Waals surface area contributed by atoms with E-state index < -0.39 is 0 Å². The van der Waals surface area contributed by atoms with Gasteiger partial charge in [0.2, 0.25) is 0 Å². The Kier molecular flexibility index (Phi) is 3.98. The summed E-state index contributed by atoms with van der Waals surface area (Å²) in [5, 5.41) is 0. The minimum atomic E-state index is 0.120. The summed E-state index contributed by atoms with van der Waals surface area (Å²) in [6.45, 7) is 8.59. The van der Waals surface area contributed by atoms with Gasteiger partial charge in [-0.25, -0.2) is 0 Å². The normalized spacial score (nSPS) is 13.6. The summed E-state index contributed by atoms with van der Waals surface area (Å²) < 4.78 is 5.36. The van der Waals surface area contributed by atoms with Gasteiger partial charge in [-0.15, -0.1) is 0 Å². The number of benzene rings is 1. The van der Waals surface area contributed by atoms with E-state index in [2.05, 4.69) is 39.8 Å². The van der Waals surface area contributed by atoms with E-state index in [9.17, 15) is 0 Å². The van der Waals surface area contributed by atoms with Crippen molar-refractivity contribution in [3.05, 3.63) is 29.3 Å². The SMILES string of the molecule is COc1ccc(C)cc1CC(N)C(C)(C)C. The van der Waals surface area contributed by atoms with Crippen LogP contribution in [0.1, 0.15) is 31.9 Å². The third-order valence-electron chi connectivity index (χ3n) is 2.99. The molecule has 0 aliphatic heterocycles. The lowest BCUT2D eigenvalue weighted by Crippen LogP contribution is -2.37. The van der Waals surface area contributed by atoms with Crippen LogP contribution in [0.2, 0.25) is 0 Å². The summed E-state index contributed by atoms with van der Waals surface area (Å²) in [5.41, 5.74) is 8.77. The van der Waals surface area contributed by atoms with Gasteiger partial charge in [-0.1, -0.05) is 38.5 Å². The van der Waals surface area contributed by atoms with Crippen LogP contribution in [0.5, 0.6) is 5.75 Å². The van der Waals surface area contributed by atoms with Gasteiger partial charge in [-0.2, -0.15) is 0 Å². The van der Waals surface area contributed by atoms with Crippen LogP contribution >= 0.6 is 0 Å². The van der Waals surface area contributed by atoms with Crippen molar-refractivity contribution in [2.75, 3.05) is 7.11 Å². The molecule has 0 bridgehead atoms. The van der Waals surface area contributed by atoms with E-state index in [-0.39, 0.29) is 11.5 Å². The lowest BCUT2D eigenvalue weighted by Gasteiger charge is -2.27. The molecule has 0 spiro atoms. The molecule has 90 valence electrons. The molecule has 0 aliphatic rings. The molecule has 0 aliphatic carbocycles. The monoisotopic (exact) mass is 221 g/mol. The van der Waals surface area contributed by atoms with Crippen molar-refractivity contribution < 1.29 is 4.74 Å². The number of nitrogens with two attached hydrogens (primary N) is 1. The van der Waals surface area contributed by atoms with Gasteiger partial charge in [-0.05, 0) is 30.4 Å². The lowest BCUT2D eigenvalue weighted by molar-refractivity contribution is 0.314. The molecule has 16 heavy (non-hydrogen) atoms. The smallest absolute Gasteiger partial charge is 0.122 e. The minimum Gasteiger partial charge on any atom is -0.496 e. The topological polar surface area (TPSA) is 35.2 Å². The zero-order valence-corrected chi connectivity index (χ0v) is 11.0. The molecule has 0 heterocycles. The molecule has 0 radical (unpaired) electrons. The number of ether oxygens (including phenoxy) is 1. The molecule has 1 atom stereocenters. The van der Waals surface area contributed by atoms with Crippen LogP contribution in [-0.2, 0) is 6.42 Å². The van der Waals surface area contributed by atoms with Crippen molar-refractivity contribution >= 4 is 0 Å². The molecule has 2 nitrogen and oxygen atoms in total. The Bertz CT molecular complexity index is 352. The highest BCUT2D eigenvalue weighted by Gasteiger charge is 2.21. The number of methoxy groups -OCH3 is 1. The predicted molar refractivity (Wildman–Crippen MR) is 68.9 cm³/mol. The van der Waals surface area contributed by atoms with Gasteiger partial charge in [0, 0.05) is 6.04 Å². The van der Waals surface area contributed by atoms with Crippen molar-refractivity contribution in [2.45, 2.75) is 40.2 Å². The van der Waals surface area contributed by atoms with Gasteiger partial charge in [0.25, 0.3) is 0 Å². The first-order valence-electron chi connectivity index (χ1n) is 5.73. The summed E-state index contributed by atoms with van der Waals surface area (Å²) in [5.74, 6) is 0.935. The van der Waals surface area contributed by atoms with Crippen molar-refractivity contribution in [3.63, 3.8) is 0 Å². The summed E-state index contributed by atoms with van der Waals surface area (Å²) in [6.07, 6.45) is 0.856. The van der Waals surface area contributed by atoms with Gasteiger partial charge in [-0.3, -0.25) is 0 Å². The Balaban J connectivity index is 2.91. The first kappa shape index (κ1) is 13.0. The predicted octanol–water partition coefficient (Wildman–Crippen LogP) is 2.92. The van der Waals surface area contributed by atoms with Crippen molar-refractivity contribution in [2.24, 2.45) is 11.1 Å². The molecule has 2 heteroatoms. The zero-order chi connectivity index (χ0) is 12.3. The highest BCUT2D eigenvalue weighted by Crippen LogP contribution is 2.26. The van der Waals surface area contributed by atoms with Gasteiger partial charge in [0.1, 0.15) is 5.75 Å². The van der Waals surface area contributed by atoms with Crippen LogP contribution in [0.25, 0.3) is 0 Å². The second-order valence-electron chi connectivity index (χ2n) is 5.49. The molecule has 0 aromatic heterocycles. The second kappa shape index (κ2) is 4.88. The van der Waals surface area contributed by atoms with Crippen LogP contribution < -0.4 is 10.5 Å². The number of aryl methyl sites for hydroxylation is 1. The Morgan fingerprint density at radius 3 is 2.44 bits per heavy atom.